The first-order valence-corrected chi connectivity index (χ1v) is 15.4. The van der Waals surface area contributed by atoms with Gasteiger partial charge in [0.05, 0.1) is 12.9 Å². The van der Waals surface area contributed by atoms with Gasteiger partial charge >= 0.3 is 20.9 Å². The number of imidazole rings is 1. The molecule has 1 unspecified atom stereocenters. The second kappa shape index (κ2) is 12.1. The molecular formula is C19H27N7O16P2. The number of aromatic nitrogens is 6. The van der Waals surface area contributed by atoms with Crippen molar-refractivity contribution in [2.45, 2.75) is 54.2 Å². The molecule has 2 aliphatic rings. The summed E-state index contributed by atoms with van der Waals surface area (Å²) < 4.78 is 34.9. The van der Waals surface area contributed by atoms with E-state index in [0.717, 1.165) is 12.3 Å². The van der Waals surface area contributed by atoms with Gasteiger partial charge in [-0.2, -0.15) is 0 Å². The average molecular weight is 671 g/mol. The number of hydrogen-bond acceptors (Lipinski definition) is 16. The first-order valence-electron chi connectivity index (χ1n) is 12.1. The van der Waals surface area contributed by atoms with E-state index in [1.54, 1.807) is 4.98 Å². The van der Waals surface area contributed by atoms with Crippen LogP contribution in [-0.4, -0.2) is 128 Å². The third-order valence-corrected chi connectivity index (χ3v) is 9.21. The topological polar surface area (TPSA) is 379 Å². The quantitative estimate of drug-likeness (QED) is 0.109. The zero-order chi connectivity index (χ0) is 32.9. The molecule has 0 saturated carbocycles. The van der Waals surface area contributed by atoms with E-state index in [9.17, 15) is 54.0 Å². The minimum atomic E-state index is -5.75. The summed E-state index contributed by atoms with van der Waals surface area (Å²) in [6, 6.07) is 0.779. The normalized spacial score (nSPS) is 31.5. The van der Waals surface area contributed by atoms with E-state index in [4.69, 9.17) is 30.1 Å². The number of nitrogens with zero attached hydrogens (tertiary/aromatic N) is 5. The van der Waals surface area contributed by atoms with Gasteiger partial charge in [-0.3, -0.25) is 28.0 Å². The van der Waals surface area contributed by atoms with Gasteiger partial charge < -0.3 is 65.4 Å². The van der Waals surface area contributed by atoms with Gasteiger partial charge in [0.1, 0.15) is 42.4 Å². The maximum Gasteiger partial charge on any atom is 0.362 e. The van der Waals surface area contributed by atoms with Gasteiger partial charge in [-0.1, -0.05) is 0 Å². The van der Waals surface area contributed by atoms with Crippen molar-refractivity contribution in [2.75, 3.05) is 12.3 Å². The van der Waals surface area contributed by atoms with Gasteiger partial charge in [0.25, 0.3) is 5.56 Å². The number of hydrogen-bond donors (Lipinski definition) is 12. The summed E-state index contributed by atoms with van der Waals surface area (Å²) in [4.78, 5) is 73.0. The van der Waals surface area contributed by atoms with E-state index in [0.29, 0.717) is 15.7 Å². The van der Waals surface area contributed by atoms with Crippen LogP contribution in [0, 0.1) is 0 Å². The van der Waals surface area contributed by atoms with Crippen LogP contribution in [0.4, 0.5) is 5.82 Å². The maximum absolute atomic E-state index is 11.7. The van der Waals surface area contributed by atoms with Crippen LogP contribution >= 0.6 is 15.2 Å². The molecule has 13 N–H and O–H groups in total. The van der Waals surface area contributed by atoms with Gasteiger partial charge in [0.2, 0.25) is 5.34 Å². The fourth-order valence-electron chi connectivity index (χ4n) is 4.52. The number of aromatic amines is 1. The number of nitrogen functional groups attached to an aromatic ring is 1. The van der Waals surface area contributed by atoms with Gasteiger partial charge in [-0.25, -0.2) is 19.7 Å². The molecule has 3 aromatic heterocycles. The van der Waals surface area contributed by atoms with Crippen LogP contribution in [0.15, 0.2) is 34.5 Å². The maximum atomic E-state index is 11.7. The Morgan fingerprint density at radius 2 is 1.68 bits per heavy atom. The molecule has 5 rings (SSSR count). The lowest BCUT2D eigenvalue weighted by atomic mass is 10.1. The highest BCUT2D eigenvalue weighted by atomic mass is 31.2. The van der Waals surface area contributed by atoms with E-state index >= 15 is 0 Å². The van der Waals surface area contributed by atoms with E-state index < -0.39 is 87.2 Å². The fraction of sp³-hybridized carbons (Fsp3) is 0.526. The van der Waals surface area contributed by atoms with E-state index in [-0.39, 0.29) is 5.82 Å². The number of rotatable bonds is 6. The van der Waals surface area contributed by atoms with Crippen molar-refractivity contribution in [2.24, 2.45) is 0 Å². The van der Waals surface area contributed by atoms with Crippen LogP contribution in [0.2, 0.25) is 0 Å². The first kappa shape index (κ1) is 33.9. The summed E-state index contributed by atoms with van der Waals surface area (Å²) in [7, 11) is -11.2. The number of fused-ring (bicyclic) bond motifs is 1. The molecule has 23 nitrogen and oxygen atoms in total. The molecule has 5 heterocycles. The lowest BCUT2D eigenvalue weighted by Gasteiger charge is -2.33. The number of aliphatic hydroxyl groups is 6. The molecule has 0 amide bonds. The molecular weight excluding hydrogens is 644 g/mol. The van der Waals surface area contributed by atoms with Gasteiger partial charge in [0.15, 0.2) is 29.8 Å². The predicted molar refractivity (Wildman–Crippen MR) is 139 cm³/mol. The lowest BCUT2D eigenvalue weighted by Crippen LogP contribution is -2.51. The van der Waals surface area contributed by atoms with Crippen molar-refractivity contribution in [3.63, 3.8) is 0 Å². The summed E-state index contributed by atoms with van der Waals surface area (Å²) >= 11 is 0. The summed E-state index contributed by atoms with van der Waals surface area (Å²) in [6.07, 6.45) is -8.00. The summed E-state index contributed by atoms with van der Waals surface area (Å²) in [6.45, 7) is -0.390. The van der Waals surface area contributed by atoms with E-state index in [1.807, 2.05) is 0 Å². The standard InChI is InChI=1S/C10H13N5O4.C9H14N2O12P2/c11-8-5-9(13-2-12-8)15(3-14-5)10-7(18)6(17)4(1-16)19-10;12-3-1-2-11(8(15)10-3)6-4(13)9(16,25(20,21)22)5(23-6)7(14)24(17,18)19/h2-4,6-7,10,16-18H,1H2,(H2,11,12,13);1-2,4-7,13-14,16H,(H,10,12,15)(H2,17,18,19)(H2,20,21,22)/t4-,6-,7-,10-;4-,5+,6+,7?,9+/m10/s1. The zero-order valence-electron chi connectivity index (χ0n) is 21.8. The molecule has 44 heavy (non-hydrogen) atoms. The molecule has 3 aromatic rings. The predicted octanol–water partition coefficient (Wildman–Crippen LogP) is -5.82. The Morgan fingerprint density at radius 1 is 1.02 bits per heavy atom. The van der Waals surface area contributed by atoms with Crippen LogP contribution in [0.3, 0.4) is 0 Å². The number of nitrogens with two attached hydrogens (primary N) is 1. The molecule has 2 fully saturated rings. The molecule has 2 saturated heterocycles. The van der Waals surface area contributed by atoms with Crippen LogP contribution in [-0.2, 0) is 18.6 Å². The molecule has 0 bridgehead atoms. The van der Waals surface area contributed by atoms with Crippen molar-refractivity contribution in [3.05, 3.63) is 45.8 Å². The van der Waals surface area contributed by atoms with Gasteiger partial charge in [-0.05, 0) is 0 Å². The van der Waals surface area contributed by atoms with Crippen LogP contribution in [0.1, 0.15) is 12.5 Å². The highest BCUT2D eigenvalue weighted by molar-refractivity contribution is 7.54. The second-order valence-corrected chi connectivity index (χ2v) is 13.1. The Balaban J connectivity index is 0.000000208. The molecule has 25 heteroatoms. The number of H-pyrrole nitrogens is 1. The minimum Gasteiger partial charge on any atom is -0.394 e. The second-order valence-electron chi connectivity index (χ2n) is 9.55. The van der Waals surface area contributed by atoms with Crippen molar-refractivity contribution >= 4 is 32.2 Å². The molecule has 0 aliphatic carbocycles. The van der Waals surface area contributed by atoms with Crippen molar-refractivity contribution in [3.8, 4) is 0 Å². The molecule has 0 radical (unpaired) electrons. The number of nitrogens with one attached hydrogen (secondary N) is 1. The SMILES string of the molecule is Nc1ncnc2c1ncn2[C@@H]1O[C@H](CO)[C@@H](O)[C@H]1O.O=c1ccn([C@@H]2O[C@H](C(O)P(=O)(O)O)[C@](O)(P(=O)(O)O)[C@H]2O)c(=O)[nH]1. The molecule has 244 valence electrons. The van der Waals surface area contributed by atoms with Crippen molar-refractivity contribution in [1.29, 1.82) is 0 Å². The highest BCUT2D eigenvalue weighted by Gasteiger charge is 2.69. The Bertz CT molecular complexity index is 1720. The van der Waals surface area contributed by atoms with Gasteiger partial charge in [-0.15, -0.1) is 0 Å². The third kappa shape index (κ3) is 5.87. The summed E-state index contributed by atoms with van der Waals surface area (Å²) in [5, 5.41) is 55.1. The smallest absolute Gasteiger partial charge is 0.362 e. The van der Waals surface area contributed by atoms with Gasteiger partial charge in [0, 0.05) is 12.3 Å². The van der Waals surface area contributed by atoms with Crippen LogP contribution < -0.4 is 17.0 Å². The number of anilines is 1. The van der Waals surface area contributed by atoms with Crippen LogP contribution in [0.25, 0.3) is 11.2 Å². The number of ether oxygens (including phenoxy) is 2. The summed E-state index contributed by atoms with van der Waals surface area (Å²) in [5.74, 6) is -2.71. The number of aliphatic hydroxyl groups excluding tert-OH is 5. The first-order chi connectivity index (χ1) is 20.3. The van der Waals surface area contributed by atoms with E-state index in [1.165, 1.54) is 17.2 Å². The lowest BCUT2D eigenvalue weighted by molar-refractivity contribution is -0.0793. The zero-order valence-corrected chi connectivity index (χ0v) is 23.6. The summed E-state index contributed by atoms with van der Waals surface area (Å²) in [5.41, 5.74) is 4.38. The molecule has 0 spiro atoms. The molecule has 0 aromatic carbocycles. The Morgan fingerprint density at radius 3 is 2.23 bits per heavy atom. The molecule has 2 aliphatic heterocycles. The van der Waals surface area contributed by atoms with Crippen molar-refractivity contribution < 1.29 is 68.8 Å². The van der Waals surface area contributed by atoms with Crippen LogP contribution in [0.5, 0.6) is 0 Å². The Labute approximate surface area is 242 Å². The third-order valence-electron chi connectivity index (χ3n) is 6.80. The monoisotopic (exact) mass is 671 g/mol. The Kier molecular flexibility index (Phi) is 9.30. The Hall–Kier alpha value is -2.99. The largest absolute Gasteiger partial charge is 0.394 e. The van der Waals surface area contributed by atoms with E-state index in [2.05, 4.69) is 15.0 Å². The molecule has 9 atom stereocenters. The highest BCUT2D eigenvalue weighted by Crippen LogP contribution is 2.62. The fourth-order valence-corrected chi connectivity index (χ4v) is 6.29. The van der Waals surface area contributed by atoms with Crippen molar-refractivity contribution in [1.82, 2.24) is 29.1 Å². The average Bonchev–Trinajstić information content (AvgIpc) is 3.57. The minimum absolute atomic E-state index is 0.218.